The largest absolute Gasteiger partial charge is 0.272 e. The molecule has 0 saturated heterocycles. The topological polar surface area (TPSA) is 131 Å². The zero-order valence-electron chi connectivity index (χ0n) is 13.6. The number of carbonyl (C=O) groups excluding carboxylic acids is 1. The minimum Gasteiger partial charge on any atom is -0.272 e. The molecule has 1 atom stereocenters. The van der Waals surface area contributed by atoms with E-state index in [2.05, 4.69) is 15.2 Å². The third kappa shape index (κ3) is 5.70. The van der Waals surface area contributed by atoms with Crippen LogP contribution in [0.4, 0.5) is 5.69 Å². The standard InChI is InChI=1S/C14H20N4O5S/c1-4-10(2)11(3)16-17-14(19)9-15-24(22,23)13-7-5-12(6-8-13)18(20)21/h5-8,10,15H,4,9H2,1-3H3,(H,17,19)/b16-11-/t10-/m0/s1. The van der Waals surface area contributed by atoms with Crippen molar-refractivity contribution >= 4 is 27.3 Å². The molecule has 0 fully saturated rings. The Balaban J connectivity index is 2.65. The van der Waals surface area contributed by atoms with Crippen molar-refractivity contribution < 1.29 is 18.1 Å². The van der Waals surface area contributed by atoms with E-state index in [1.807, 2.05) is 13.8 Å². The van der Waals surface area contributed by atoms with Gasteiger partial charge < -0.3 is 0 Å². The summed E-state index contributed by atoms with van der Waals surface area (Å²) >= 11 is 0. The molecule has 10 heteroatoms. The second kappa shape index (κ2) is 8.50. The van der Waals surface area contributed by atoms with E-state index in [0.29, 0.717) is 0 Å². The Labute approximate surface area is 140 Å². The molecule has 1 aromatic carbocycles. The lowest BCUT2D eigenvalue weighted by atomic mass is 10.1. The number of benzene rings is 1. The molecule has 0 aromatic heterocycles. The Bertz CT molecular complexity index is 728. The lowest BCUT2D eigenvalue weighted by Crippen LogP contribution is -2.35. The summed E-state index contributed by atoms with van der Waals surface area (Å²) in [4.78, 5) is 21.4. The number of hydrogen-bond donors (Lipinski definition) is 2. The Morgan fingerprint density at radius 3 is 2.42 bits per heavy atom. The summed E-state index contributed by atoms with van der Waals surface area (Å²) in [5.41, 5.74) is 2.80. The highest BCUT2D eigenvalue weighted by molar-refractivity contribution is 7.89. The molecule has 0 bridgehead atoms. The van der Waals surface area contributed by atoms with E-state index in [-0.39, 0.29) is 16.5 Å². The van der Waals surface area contributed by atoms with Gasteiger partial charge in [-0.1, -0.05) is 13.8 Å². The van der Waals surface area contributed by atoms with Crippen molar-refractivity contribution in [3.05, 3.63) is 34.4 Å². The monoisotopic (exact) mass is 356 g/mol. The van der Waals surface area contributed by atoms with E-state index in [0.717, 1.165) is 36.4 Å². The molecule has 0 aliphatic carbocycles. The molecule has 0 spiro atoms. The maximum absolute atomic E-state index is 12.0. The van der Waals surface area contributed by atoms with Gasteiger partial charge in [-0.2, -0.15) is 5.10 Å². The van der Waals surface area contributed by atoms with Gasteiger partial charge in [0.15, 0.2) is 0 Å². The van der Waals surface area contributed by atoms with Crippen molar-refractivity contribution in [1.82, 2.24) is 10.1 Å². The van der Waals surface area contributed by atoms with Crippen molar-refractivity contribution in [1.29, 1.82) is 0 Å². The van der Waals surface area contributed by atoms with E-state index < -0.39 is 27.4 Å². The number of amides is 1. The first-order valence-electron chi connectivity index (χ1n) is 7.24. The summed E-state index contributed by atoms with van der Waals surface area (Å²) in [5, 5.41) is 14.5. The minimum absolute atomic E-state index is 0.166. The van der Waals surface area contributed by atoms with Gasteiger partial charge in [0, 0.05) is 17.8 Å². The number of nitrogens with one attached hydrogen (secondary N) is 2. The second-order valence-electron chi connectivity index (χ2n) is 5.17. The first-order chi connectivity index (χ1) is 11.2. The molecule has 24 heavy (non-hydrogen) atoms. The quantitative estimate of drug-likeness (QED) is 0.413. The van der Waals surface area contributed by atoms with Gasteiger partial charge in [0.25, 0.3) is 11.6 Å². The number of sulfonamides is 1. The van der Waals surface area contributed by atoms with Crippen LogP contribution in [0.2, 0.25) is 0 Å². The van der Waals surface area contributed by atoms with Gasteiger partial charge >= 0.3 is 0 Å². The normalized spacial score (nSPS) is 13.4. The number of nitrogens with zero attached hydrogens (tertiary/aromatic N) is 2. The maximum atomic E-state index is 12.0. The smallest absolute Gasteiger partial charge is 0.269 e. The average molecular weight is 356 g/mol. The van der Waals surface area contributed by atoms with E-state index in [1.54, 1.807) is 6.92 Å². The van der Waals surface area contributed by atoms with Crippen LogP contribution in [0.3, 0.4) is 0 Å². The van der Waals surface area contributed by atoms with Crippen LogP contribution in [-0.2, 0) is 14.8 Å². The summed E-state index contributed by atoms with van der Waals surface area (Å²) < 4.78 is 26.1. The third-order valence-corrected chi connectivity index (χ3v) is 4.88. The molecule has 1 amide bonds. The Hall–Kier alpha value is -2.33. The number of nitro groups is 1. The number of nitro benzene ring substituents is 1. The SMILES string of the molecule is CC[C@H](C)/C(C)=N\NC(=O)CNS(=O)(=O)c1ccc([N+](=O)[O-])cc1. The van der Waals surface area contributed by atoms with E-state index in [9.17, 15) is 23.3 Å². The van der Waals surface area contributed by atoms with Gasteiger partial charge in [-0.05, 0) is 31.4 Å². The first-order valence-corrected chi connectivity index (χ1v) is 8.72. The number of non-ortho nitro benzene ring substituents is 1. The second-order valence-corrected chi connectivity index (χ2v) is 6.94. The summed E-state index contributed by atoms with van der Waals surface area (Å²) in [7, 11) is -3.94. The van der Waals surface area contributed by atoms with Crippen LogP contribution in [0.15, 0.2) is 34.3 Å². The van der Waals surface area contributed by atoms with Crippen LogP contribution in [0, 0.1) is 16.0 Å². The van der Waals surface area contributed by atoms with Crippen molar-refractivity contribution in [2.75, 3.05) is 6.54 Å². The van der Waals surface area contributed by atoms with Crippen molar-refractivity contribution in [2.45, 2.75) is 32.1 Å². The Morgan fingerprint density at radius 1 is 1.33 bits per heavy atom. The summed E-state index contributed by atoms with van der Waals surface area (Å²) in [6.45, 7) is 5.23. The van der Waals surface area contributed by atoms with Crippen LogP contribution in [0.25, 0.3) is 0 Å². The fraction of sp³-hybridized carbons (Fsp3) is 0.429. The molecule has 0 aliphatic heterocycles. The highest BCUT2D eigenvalue weighted by Gasteiger charge is 2.17. The van der Waals surface area contributed by atoms with Crippen LogP contribution < -0.4 is 10.1 Å². The van der Waals surface area contributed by atoms with Crippen LogP contribution in [0.5, 0.6) is 0 Å². The van der Waals surface area contributed by atoms with E-state index in [1.165, 1.54) is 0 Å². The first kappa shape index (κ1) is 19.7. The lowest BCUT2D eigenvalue weighted by Gasteiger charge is -2.09. The molecule has 0 unspecified atom stereocenters. The molecule has 132 valence electrons. The average Bonchev–Trinajstić information content (AvgIpc) is 2.57. The van der Waals surface area contributed by atoms with Gasteiger partial charge in [-0.25, -0.2) is 18.6 Å². The molecule has 1 rings (SSSR count). The zero-order valence-corrected chi connectivity index (χ0v) is 14.5. The summed E-state index contributed by atoms with van der Waals surface area (Å²) in [5.74, 6) is -0.398. The molecule has 0 saturated carbocycles. The van der Waals surface area contributed by atoms with Gasteiger partial charge in [-0.15, -0.1) is 0 Å². The van der Waals surface area contributed by atoms with E-state index >= 15 is 0 Å². The number of rotatable bonds is 8. The molecule has 2 N–H and O–H groups in total. The van der Waals surface area contributed by atoms with Gasteiger partial charge in [-0.3, -0.25) is 14.9 Å². The van der Waals surface area contributed by atoms with Crippen molar-refractivity contribution in [3.8, 4) is 0 Å². The van der Waals surface area contributed by atoms with Gasteiger partial charge in [0.05, 0.1) is 16.4 Å². The summed E-state index contributed by atoms with van der Waals surface area (Å²) in [6, 6.07) is 4.36. The molecule has 1 aromatic rings. The maximum Gasteiger partial charge on any atom is 0.269 e. The molecule has 9 nitrogen and oxygen atoms in total. The van der Waals surface area contributed by atoms with Crippen LogP contribution in [0.1, 0.15) is 27.2 Å². The predicted octanol–water partition coefficient (Wildman–Crippen LogP) is 1.41. The Morgan fingerprint density at radius 2 is 1.92 bits per heavy atom. The van der Waals surface area contributed by atoms with Crippen LogP contribution >= 0.6 is 0 Å². The van der Waals surface area contributed by atoms with E-state index in [4.69, 9.17) is 0 Å². The number of hydrogen-bond acceptors (Lipinski definition) is 6. The fourth-order valence-corrected chi connectivity index (χ4v) is 2.57. The summed E-state index contributed by atoms with van der Waals surface area (Å²) in [6.07, 6.45) is 0.873. The predicted molar refractivity (Wildman–Crippen MR) is 89.0 cm³/mol. The highest BCUT2D eigenvalue weighted by Crippen LogP contribution is 2.15. The molecular weight excluding hydrogens is 336 g/mol. The molecule has 0 aliphatic rings. The third-order valence-electron chi connectivity index (χ3n) is 3.46. The zero-order chi connectivity index (χ0) is 18.3. The van der Waals surface area contributed by atoms with Crippen LogP contribution in [-0.4, -0.2) is 31.5 Å². The van der Waals surface area contributed by atoms with Gasteiger partial charge in [0.2, 0.25) is 10.0 Å². The molecule has 0 radical (unpaired) electrons. The highest BCUT2D eigenvalue weighted by atomic mass is 32.2. The minimum atomic E-state index is -3.94. The fourth-order valence-electron chi connectivity index (χ4n) is 1.59. The molecular formula is C14H20N4O5S. The number of carbonyl (C=O) groups is 1. The Kier molecular flexibility index (Phi) is 6.98. The molecule has 0 heterocycles. The van der Waals surface area contributed by atoms with Crippen molar-refractivity contribution in [3.63, 3.8) is 0 Å². The number of hydrazone groups is 1. The lowest BCUT2D eigenvalue weighted by molar-refractivity contribution is -0.384. The van der Waals surface area contributed by atoms with Gasteiger partial charge in [0.1, 0.15) is 0 Å². The van der Waals surface area contributed by atoms with Crippen molar-refractivity contribution in [2.24, 2.45) is 11.0 Å².